The van der Waals surface area contributed by atoms with Crippen LogP contribution >= 0.6 is 40.7 Å². The fourth-order valence-corrected chi connectivity index (χ4v) is 3.61. The highest BCUT2D eigenvalue weighted by atomic mass is 79.9. The number of phenols is 1. The van der Waals surface area contributed by atoms with E-state index in [9.17, 15) is 27.1 Å². The van der Waals surface area contributed by atoms with Crippen molar-refractivity contribution in [2.75, 3.05) is 26.2 Å². The molecule has 2 N–H and O–H groups in total. The molecule has 12 heteroatoms. The topological polar surface area (TPSA) is 44.7 Å². The molecule has 1 heterocycles. The molecule has 0 amide bonds. The van der Waals surface area contributed by atoms with Crippen LogP contribution in [0.25, 0.3) is 0 Å². The van der Waals surface area contributed by atoms with Crippen LogP contribution in [0.1, 0.15) is 17.2 Å². The third-order valence-electron chi connectivity index (χ3n) is 4.41. The number of hydrogen-bond acceptors (Lipinski definition) is 4. The van der Waals surface area contributed by atoms with E-state index in [1.807, 2.05) is 4.90 Å². The maximum absolute atomic E-state index is 14.1. The fourth-order valence-electron chi connectivity index (χ4n) is 3.19. The van der Waals surface area contributed by atoms with Gasteiger partial charge in [-0.15, -0.1) is 38.0 Å². The Morgan fingerprint density at radius 3 is 2.13 bits per heavy atom. The largest absolute Gasteiger partial charge is 0.573 e. The Kier molecular flexibility index (Phi) is 9.62. The Labute approximate surface area is 190 Å². The molecular formula is C18H18BrCl2F5N2O2. The van der Waals surface area contributed by atoms with Crippen molar-refractivity contribution >= 4 is 40.7 Å². The number of alkyl halides is 3. The van der Waals surface area contributed by atoms with Crippen molar-refractivity contribution < 1.29 is 31.8 Å². The second-order valence-corrected chi connectivity index (χ2v) is 7.08. The molecule has 1 aliphatic heterocycles. The van der Waals surface area contributed by atoms with Crippen LogP contribution in [-0.2, 0) is 0 Å². The zero-order valence-corrected chi connectivity index (χ0v) is 18.4. The molecule has 0 saturated carbocycles. The van der Waals surface area contributed by atoms with Crippen LogP contribution in [0.5, 0.6) is 11.5 Å². The molecule has 2 aromatic rings. The van der Waals surface area contributed by atoms with Gasteiger partial charge in [-0.25, -0.2) is 4.39 Å². The van der Waals surface area contributed by atoms with E-state index in [4.69, 9.17) is 0 Å². The molecule has 3 rings (SSSR count). The summed E-state index contributed by atoms with van der Waals surface area (Å²) in [6.07, 6.45) is -4.82. The number of hydrogen-bond donors (Lipinski definition) is 2. The molecule has 0 radical (unpaired) electrons. The Morgan fingerprint density at radius 1 is 1.03 bits per heavy atom. The highest BCUT2D eigenvalue weighted by Gasteiger charge is 2.32. The van der Waals surface area contributed by atoms with Crippen molar-refractivity contribution in [1.29, 1.82) is 0 Å². The molecule has 1 aliphatic rings. The highest BCUT2D eigenvalue weighted by Crippen LogP contribution is 2.39. The second kappa shape index (κ2) is 10.8. The van der Waals surface area contributed by atoms with Gasteiger partial charge in [-0.05, 0) is 39.7 Å². The van der Waals surface area contributed by atoms with E-state index in [1.165, 1.54) is 18.2 Å². The molecular weight excluding hydrogens is 522 g/mol. The quantitative estimate of drug-likeness (QED) is 0.415. The van der Waals surface area contributed by atoms with Gasteiger partial charge in [-0.2, -0.15) is 4.39 Å². The molecule has 2 aromatic carbocycles. The monoisotopic (exact) mass is 538 g/mol. The number of nitrogens with one attached hydrogen (secondary N) is 1. The third kappa shape index (κ3) is 6.10. The minimum absolute atomic E-state index is 0. The van der Waals surface area contributed by atoms with E-state index in [1.54, 1.807) is 0 Å². The molecule has 0 aliphatic carbocycles. The van der Waals surface area contributed by atoms with Gasteiger partial charge in [-0.3, -0.25) is 4.90 Å². The number of piperazine rings is 1. The first-order valence-corrected chi connectivity index (χ1v) is 9.13. The number of aromatic hydroxyl groups is 1. The van der Waals surface area contributed by atoms with Crippen LogP contribution in [0.2, 0.25) is 0 Å². The highest BCUT2D eigenvalue weighted by molar-refractivity contribution is 9.10. The summed E-state index contributed by atoms with van der Waals surface area (Å²) in [5.41, 5.74) is 0.613. The molecule has 0 bridgehead atoms. The average Bonchev–Trinajstić information content (AvgIpc) is 2.65. The lowest BCUT2D eigenvalue weighted by molar-refractivity contribution is -0.274. The molecule has 1 atom stereocenters. The van der Waals surface area contributed by atoms with Crippen LogP contribution in [0, 0.1) is 11.6 Å². The fraction of sp³-hybridized carbons (Fsp3) is 0.333. The molecule has 168 valence electrons. The lowest BCUT2D eigenvalue weighted by Gasteiger charge is -2.36. The van der Waals surface area contributed by atoms with Gasteiger partial charge in [0.25, 0.3) is 0 Å². The number of phenolic OH excluding ortho intramolecular Hbond substituents is 1. The van der Waals surface area contributed by atoms with Crippen molar-refractivity contribution in [3.8, 4) is 11.5 Å². The number of nitrogens with zero attached hydrogens (tertiary/aromatic N) is 1. The van der Waals surface area contributed by atoms with Crippen LogP contribution in [0.4, 0.5) is 22.0 Å². The van der Waals surface area contributed by atoms with Crippen LogP contribution < -0.4 is 10.1 Å². The smallest absolute Gasteiger partial charge is 0.505 e. The van der Waals surface area contributed by atoms with Crippen LogP contribution in [0.3, 0.4) is 0 Å². The number of ether oxygens (including phenoxy) is 1. The van der Waals surface area contributed by atoms with E-state index >= 15 is 0 Å². The lowest BCUT2D eigenvalue weighted by atomic mass is 9.95. The summed E-state index contributed by atoms with van der Waals surface area (Å²) in [7, 11) is 0. The van der Waals surface area contributed by atoms with Crippen LogP contribution in [-0.4, -0.2) is 42.5 Å². The van der Waals surface area contributed by atoms with Gasteiger partial charge < -0.3 is 15.2 Å². The predicted octanol–water partition coefficient (Wildman–Crippen LogP) is 5.17. The van der Waals surface area contributed by atoms with E-state index < -0.39 is 35.5 Å². The Morgan fingerprint density at radius 2 is 1.60 bits per heavy atom. The van der Waals surface area contributed by atoms with E-state index in [0.717, 1.165) is 12.1 Å². The van der Waals surface area contributed by atoms with Gasteiger partial charge in [-0.1, -0.05) is 12.1 Å². The average molecular weight is 540 g/mol. The summed E-state index contributed by atoms with van der Waals surface area (Å²) in [4.78, 5) is 1.93. The zero-order chi connectivity index (χ0) is 20.5. The zero-order valence-electron chi connectivity index (χ0n) is 15.2. The third-order valence-corrected chi connectivity index (χ3v) is 4.98. The Bertz CT molecular complexity index is 850. The molecule has 0 unspecified atom stereocenters. The predicted molar refractivity (Wildman–Crippen MR) is 110 cm³/mol. The molecule has 0 aromatic heterocycles. The summed E-state index contributed by atoms with van der Waals surface area (Å²) in [5.74, 6) is -3.83. The first-order chi connectivity index (χ1) is 13.2. The SMILES string of the molecule is Cl.Cl.Oc1c([C@H](c2ccc(OC(F)(F)F)cc2)N2CCNCC2)cc(Br)c(F)c1F. The van der Waals surface area contributed by atoms with Gasteiger partial charge >= 0.3 is 6.36 Å². The van der Waals surface area contributed by atoms with Gasteiger partial charge in [0.2, 0.25) is 5.82 Å². The number of halogens is 8. The first kappa shape index (κ1) is 26.7. The van der Waals surface area contributed by atoms with Crippen molar-refractivity contribution in [3.05, 3.63) is 57.6 Å². The van der Waals surface area contributed by atoms with Gasteiger partial charge in [0.05, 0.1) is 10.5 Å². The minimum atomic E-state index is -4.82. The first-order valence-electron chi connectivity index (χ1n) is 8.34. The van der Waals surface area contributed by atoms with Gasteiger partial charge in [0.15, 0.2) is 11.6 Å². The van der Waals surface area contributed by atoms with Crippen molar-refractivity contribution in [1.82, 2.24) is 10.2 Å². The molecule has 0 spiro atoms. The maximum Gasteiger partial charge on any atom is 0.573 e. The second-order valence-electron chi connectivity index (χ2n) is 6.23. The number of benzene rings is 2. The lowest BCUT2D eigenvalue weighted by Crippen LogP contribution is -2.45. The maximum atomic E-state index is 14.1. The summed E-state index contributed by atoms with van der Waals surface area (Å²) >= 11 is 2.94. The molecule has 30 heavy (non-hydrogen) atoms. The summed E-state index contributed by atoms with van der Waals surface area (Å²) < 4.78 is 68.7. The summed E-state index contributed by atoms with van der Waals surface area (Å²) in [5, 5.41) is 13.4. The molecule has 4 nitrogen and oxygen atoms in total. The minimum Gasteiger partial charge on any atom is -0.505 e. The molecule has 1 fully saturated rings. The Hall–Kier alpha value is -1.33. The van der Waals surface area contributed by atoms with E-state index in [-0.39, 0.29) is 34.9 Å². The summed E-state index contributed by atoms with van der Waals surface area (Å²) in [6, 6.07) is 5.69. The van der Waals surface area contributed by atoms with Crippen molar-refractivity contribution in [3.63, 3.8) is 0 Å². The standard InChI is InChI=1S/C18H16BrF5N2O2.2ClH/c19-13-9-12(17(27)15(21)14(13)20)16(26-7-5-25-6-8-26)10-1-3-11(4-2-10)28-18(22,23)24;;/h1-4,9,16,25,27H,5-8H2;2*1H/t16-;;/m0../s1. The van der Waals surface area contributed by atoms with Gasteiger partial charge in [0, 0.05) is 31.7 Å². The Balaban J connectivity index is 0.00000225. The van der Waals surface area contributed by atoms with Gasteiger partial charge in [0.1, 0.15) is 5.75 Å². The molecule has 1 saturated heterocycles. The summed E-state index contributed by atoms with van der Waals surface area (Å²) in [6.45, 7) is 2.36. The van der Waals surface area contributed by atoms with Crippen LogP contribution in [0.15, 0.2) is 34.8 Å². The normalized spacial score (nSPS) is 15.7. The van der Waals surface area contributed by atoms with E-state index in [2.05, 4.69) is 26.0 Å². The van der Waals surface area contributed by atoms with Crippen molar-refractivity contribution in [2.24, 2.45) is 0 Å². The van der Waals surface area contributed by atoms with E-state index in [0.29, 0.717) is 31.7 Å². The van der Waals surface area contributed by atoms with Crippen molar-refractivity contribution in [2.45, 2.75) is 12.4 Å². The number of rotatable bonds is 4.